The van der Waals surface area contributed by atoms with E-state index in [1.165, 1.54) is 16.8 Å². The molecule has 2 aliphatic rings. The molecule has 0 saturated carbocycles. The summed E-state index contributed by atoms with van der Waals surface area (Å²) in [5, 5.41) is 0. The summed E-state index contributed by atoms with van der Waals surface area (Å²) >= 11 is 0. The predicted molar refractivity (Wildman–Crippen MR) is 67.6 cm³/mol. The summed E-state index contributed by atoms with van der Waals surface area (Å²) in [4.78, 5) is 2.41. The molecule has 2 atom stereocenters. The van der Waals surface area contributed by atoms with Crippen molar-refractivity contribution in [2.45, 2.75) is 26.1 Å². The van der Waals surface area contributed by atoms with Gasteiger partial charge in [-0.3, -0.25) is 0 Å². The van der Waals surface area contributed by atoms with E-state index in [0.717, 1.165) is 26.3 Å². The van der Waals surface area contributed by atoms with Crippen LogP contribution in [0.1, 0.15) is 11.1 Å². The smallest absolute Gasteiger partial charge is 0.0984 e. The second kappa shape index (κ2) is 4.31. The summed E-state index contributed by atoms with van der Waals surface area (Å²) in [6.45, 7) is 8.16. The Bertz CT molecular complexity index is 397. The van der Waals surface area contributed by atoms with Crippen LogP contribution in [0.15, 0.2) is 18.2 Å². The van der Waals surface area contributed by atoms with Gasteiger partial charge in [0.05, 0.1) is 25.4 Å². The lowest BCUT2D eigenvalue weighted by Crippen LogP contribution is -2.32. The molecular weight excluding hydrogens is 214 g/mol. The van der Waals surface area contributed by atoms with Crippen LogP contribution in [-0.4, -0.2) is 38.5 Å². The van der Waals surface area contributed by atoms with E-state index in [0.29, 0.717) is 12.2 Å². The maximum absolute atomic E-state index is 5.35. The highest BCUT2D eigenvalue weighted by atomic mass is 16.6. The van der Waals surface area contributed by atoms with Gasteiger partial charge in [-0.25, -0.2) is 0 Å². The molecule has 0 radical (unpaired) electrons. The molecule has 92 valence electrons. The van der Waals surface area contributed by atoms with Crippen molar-refractivity contribution in [2.75, 3.05) is 31.2 Å². The number of anilines is 1. The van der Waals surface area contributed by atoms with Crippen LogP contribution in [0.2, 0.25) is 0 Å². The Morgan fingerprint density at radius 1 is 1.12 bits per heavy atom. The Morgan fingerprint density at radius 2 is 1.71 bits per heavy atom. The van der Waals surface area contributed by atoms with Gasteiger partial charge >= 0.3 is 0 Å². The van der Waals surface area contributed by atoms with Crippen LogP contribution in [0.5, 0.6) is 0 Å². The number of benzene rings is 1. The zero-order chi connectivity index (χ0) is 11.8. The van der Waals surface area contributed by atoms with E-state index in [2.05, 4.69) is 36.9 Å². The molecule has 1 aromatic rings. The third-order valence-electron chi connectivity index (χ3n) is 3.57. The molecule has 2 aliphatic heterocycles. The van der Waals surface area contributed by atoms with Gasteiger partial charge in [-0.2, -0.15) is 0 Å². The maximum Gasteiger partial charge on any atom is 0.0984 e. The molecule has 0 N–H and O–H groups in total. The molecule has 3 heteroatoms. The quantitative estimate of drug-likeness (QED) is 0.727. The minimum Gasteiger partial charge on any atom is -0.371 e. The molecule has 2 unspecified atom stereocenters. The number of hydrogen-bond donors (Lipinski definition) is 0. The van der Waals surface area contributed by atoms with Crippen LogP contribution in [-0.2, 0) is 9.47 Å². The second-order valence-corrected chi connectivity index (χ2v) is 5.03. The molecule has 0 spiro atoms. The molecule has 0 amide bonds. The lowest BCUT2D eigenvalue weighted by atomic mass is 10.1. The van der Waals surface area contributed by atoms with Crippen LogP contribution in [0, 0.1) is 13.8 Å². The average Bonchev–Trinajstić information content (AvgIpc) is 3.16. The van der Waals surface area contributed by atoms with E-state index < -0.39 is 0 Å². The summed E-state index contributed by atoms with van der Waals surface area (Å²) in [7, 11) is 0. The van der Waals surface area contributed by atoms with Gasteiger partial charge in [-0.15, -0.1) is 0 Å². The fourth-order valence-electron chi connectivity index (χ4n) is 2.19. The molecule has 0 aromatic heterocycles. The second-order valence-electron chi connectivity index (χ2n) is 5.03. The Labute approximate surface area is 102 Å². The fraction of sp³-hybridized carbons (Fsp3) is 0.571. The Morgan fingerprint density at radius 3 is 2.24 bits per heavy atom. The molecule has 3 rings (SSSR count). The van der Waals surface area contributed by atoms with Crippen LogP contribution >= 0.6 is 0 Å². The van der Waals surface area contributed by atoms with Crippen molar-refractivity contribution in [1.29, 1.82) is 0 Å². The first kappa shape index (κ1) is 11.1. The first-order chi connectivity index (χ1) is 8.24. The van der Waals surface area contributed by atoms with Crippen molar-refractivity contribution in [3.63, 3.8) is 0 Å². The van der Waals surface area contributed by atoms with Crippen molar-refractivity contribution in [1.82, 2.24) is 0 Å². The first-order valence-electron chi connectivity index (χ1n) is 6.28. The monoisotopic (exact) mass is 233 g/mol. The molecule has 0 bridgehead atoms. The largest absolute Gasteiger partial charge is 0.371 e. The predicted octanol–water partition coefficient (Wildman–Crippen LogP) is 1.91. The maximum atomic E-state index is 5.35. The van der Waals surface area contributed by atoms with Crippen molar-refractivity contribution in [3.8, 4) is 0 Å². The minimum absolute atomic E-state index is 0.425. The summed E-state index contributed by atoms with van der Waals surface area (Å²) in [6.07, 6.45) is 0.849. The van der Waals surface area contributed by atoms with Crippen molar-refractivity contribution in [2.24, 2.45) is 0 Å². The van der Waals surface area contributed by atoms with Gasteiger partial charge in [-0.1, -0.05) is 12.1 Å². The number of hydrogen-bond acceptors (Lipinski definition) is 3. The van der Waals surface area contributed by atoms with E-state index in [9.17, 15) is 0 Å². The molecule has 3 nitrogen and oxygen atoms in total. The normalized spacial score (nSPS) is 25.8. The van der Waals surface area contributed by atoms with Crippen LogP contribution in [0.4, 0.5) is 5.69 Å². The molecule has 17 heavy (non-hydrogen) atoms. The third kappa shape index (κ3) is 2.61. The van der Waals surface area contributed by atoms with Crippen molar-refractivity contribution < 1.29 is 9.47 Å². The zero-order valence-electron chi connectivity index (χ0n) is 10.5. The number of epoxide rings is 2. The first-order valence-corrected chi connectivity index (χ1v) is 6.28. The summed E-state index contributed by atoms with van der Waals surface area (Å²) < 4.78 is 10.7. The van der Waals surface area contributed by atoms with Crippen molar-refractivity contribution >= 4 is 5.69 Å². The Hall–Kier alpha value is -1.06. The van der Waals surface area contributed by atoms with Crippen molar-refractivity contribution in [3.05, 3.63) is 29.3 Å². The SMILES string of the molecule is Cc1cccc(N(CC2CO2)CC2CO2)c1C. The summed E-state index contributed by atoms with van der Waals surface area (Å²) in [5.41, 5.74) is 4.05. The van der Waals surface area contributed by atoms with Gasteiger partial charge in [0, 0.05) is 18.8 Å². The molecular formula is C14H19NO2. The fourth-order valence-corrected chi connectivity index (χ4v) is 2.19. The summed E-state index contributed by atoms with van der Waals surface area (Å²) in [6, 6.07) is 6.50. The number of nitrogens with zero attached hydrogens (tertiary/aromatic N) is 1. The van der Waals surface area contributed by atoms with Gasteiger partial charge in [-0.05, 0) is 31.0 Å². The van der Waals surface area contributed by atoms with Gasteiger partial charge in [0.2, 0.25) is 0 Å². The molecule has 2 heterocycles. The van der Waals surface area contributed by atoms with Gasteiger partial charge < -0.3 is 14.4 Å². The average molecular weight is 233 g/mol. The van der Waals surface area contributed by atoms with E-state index >= 15 is 0 Å². The van der Waals surface area contributed by atoms with E-state index in [-0.39, 0.29) is 0 Å². The highest BCUT2D eigenvalue weighted by Gasteiger charge is 2.31. The Kier molecular flexibility index (Phi) is 2.81. The summed E-state index contributed by atoms with van der Waals surface area (Å²) in [5.74, 6) is 0. The molecule has 2 saturated heterocycles. The van der Waals surface area contributed by atoms with Crippen LogP contribution in [0.25, 0.3) is 0 Å². The minimum atomic E-state index is 0.425. The highest BCUT2D eigenvalue weighted by Crippen LogP contribution is 2.26. The number of aryl methyl sites for hydroxylation is 1. The molecule has 1 aromatic carbocycles. The van der Waals surface area contributed by atoms with E-state index in [4.69, 9.17) is 9.47 Å². The topological polar surface area (TPSA) is 28.3 Å². The van der Waals surface area contributed by atoms with E-state index in [1.54, 1.807) is 0 Å². The standard InChI is InChI=1S/C14H19NO2/c1-10-4-3-5-14(11(10)2)15(6-12-8-16-12)7-13-9-17-13/h3-5,12-13H,6-9H2,1-2H3. The van der Waals surface area contributed by atoms with Gasteiger partial charge in [0.1, 0.15) is 0 Å². The number of rotatable bonds is 5. The third-order valence-corrected chi connectivity index (χ3v) is 3.57. The van der Waals surface area contributed by atoms with Gasteiger partial charge in [0.25, 0.3) is 0 Å². The molecule has 2 fully saturated rings. The molecule has 0 aliphatic carbocycles. The van der Waals surface area contributed by atoms with Gasteiger partial charge in [0.15, 0.2) is 0 Å². The lowest BCUT2D eigenvalue weighted by Gasteiger charge is -2.25. The lowest BCUT2D eigenvalue weighted by molar-refractivity contribution is 0.389. The number of ether oxygens (including phenoxy) is 2. The van der Waals surface area contributed by atoms with Crippen LogP contribution in [0.3, 0.4) is 0 Å². The highest BCUT2D eigenvalue weighted by molar-refractivity contribution is 5.56. The zero-order valence-corrected chi connectivity index (χ0v) is 10.5. The van der Waals surface area contributed by atoms with Crippen LogP contribution < -0.4 is 4.90 Å². The van der Waals surface area contributed by atoms with E-state index in [1.807, 2.05) is 0 Å². The Balaban J connectivity index is 1.81.